The van der Waals surface area contributed by atoms with Gasteiger partial charge in [0.2, 0.25) is 11.8 Å². The van der Waals surface area contributed by atoms with Crippen LogP contribution in [0.4, 0.5) is 5.69 Å². The van der Waals surface area contributed by atoms with E-state index in [2.05, 4.69) is 10.3 Å². The van der Waals surface area contributed by atoms with E-state index in [1.54, 1.807) is 13.8 Å². The van der Waals surface area contributed by atoms with Gasteiger partial charge in [0.05, 0.1) is 6.61 Å². The summed E-state index contributed by atoms with van der Waals surface area (Å²) in [4.78, 5) is 53.5. The Kier molecular flexibility index (Phi) is 5.67. The second-order valence-corrected chi connectivity index (χ2v) is 6.62. The zero-order valence-corrected chi connectivity index (χ0v) is 16.8. The van der Waals surface area contributed by atoms with Gasteiger partial charge >= 0.3 is 5.69 Å². The number of carbonyl (C=O) groups excluding carboxylic acids is 2. The molecule has 2 heterocycles. The minimum atomic E-state index is -0.675. The first-order valence-electron chi connectivity index (χ1n) is 9.16. The minimum absolute atomic E-state index is 0.137. The fraction of sp³-hybridized carbons (Fsp3) is 0.250. The number of nitrogens with zero attached hydrogens (tertiary/aromatic N) is 3. The molecule has 0 saturated carbocycles. The van der Waals surface area contributed by atoms with Gasteiger partial charge in [-0.3, -0.25) is 19.0 Å². The number of primary amides is 1. The number of carbonyl (C=O) groups is 2. The van der Waals surface area contributed by atoms with E-state index < -0.39 is 29.6 Å². The van der Waals surface area contributed by atoms with E-state index in [-0.39, 0.29) is 11.0 Å². The lowest BCUT2D eigenvalue weighted by atomic mass is 10.2. The van der Waals surface area contributed by atoms with Crippen molar-refractivity contribution in [1.82, 2.24) is 14.1 Å². The molecule has 10 heteroatoms. The van der Waals surface area contributed by atoms with Gasteiger partial charge in [0.1, 0.15) is 17.7 Å². The number of benzene rings is 1. The first-order valence-corrected chi connectivity index (χ1v) is 9.16. The van der Waals surface area contributed by atoms with Crippen LogP contribution in [0.15, 0.2) is 40.1 Å². The van der Waals surface area contributed by atoms with Crippen LogP contribution in [0.25, 0.3) is 11.0 Å². The highest BCUT2D eigenvalue weighted by Crippen LogP contribution is 2.24. The van der Waals surface area contributed by atoms with E-state index in [1.165, 1.54) is 42.1 Å². The zero-order valence-electron chi connectivity index (χ0n) is 16.8. The molecule has 0 aliphatic carbocycles. The summed E-state index contributed by atoms with van der Waals surface area (Å²) in [5, 5.41) is 2.72. The fourth-order valence-corrected chi connectivity index (χ4v) is 3.05. The number of nitrogens with one attached hydrogen (secondary N) is 1. The molecule has 2 aromatic heterocycles. The lowest BCUT2D eigenvalue weighted by Gasteiger charge is -2.14. The van der Waals surface area contributed by atoms with Crippen molar-refractivity contribution >= 4 is 28.5 Å². The Hall–Kier alpha value is -3.95. The summed E-state index contributed by atoms with van der Waals surface area (Å²) >= 11 is 0. The number of hydrogen-bond acceptors (Lipinski definition) is 6. The summed E-state index contributed by atoms with van der Waals surface area (Å²) < 4.78 is 7.64. The number of amides is 2. The van der Waals surface area contributed by atoms with Crippen LogP contribution in [0.5, 0.6) is 5.75 Å². The quantitative estimate of drug-likeness (QED) is 0.607. The molecule has 30 heavy (non-hydrogen) atoms. The van der Waals surface area contributed by atoms with Crippen LogP contribution in [-0.2, 0) is 18.4 Å². The first-order chi connectivity index (χ1) is 14.2. The van der Waals surface area contributed by atoms with Gasteiger partial charge in [0, 0.05) is 30.1 Å². The van der Waals surface area contributed by atoms with Crippen molar-refractivity contribution in [3.05, 3.63) is 62.4 Å². The van der Waals surface area contributed by atoms with Crippen molar-refractivity contribution in [2.24, 2.45) is 12.8 Å². The summed E-state index contributed by atoms with van der Waals surface area (Å²) in [7, 11) is 1.47. The van der Waals surface area contributed by atoms with Gasteiger partial charge in [-0.2, -0.15) is 0 Å². The Labute approximate surface area is 170 Å². The number of anilines is 1. The van der Waals surface area contributed by atoms with Crippen LogP contribution >= 0.6 is 0 Å². The molecular weight excluding hydrogens is 390 g/mol. The third kappa shape index (κ3) is 3.79. The Bertz CT molecular complexity index is 1260. The number of ether oxygens (including phenoxy) is 1. The van der Waals surface area contributed by atoms with E-state index in [9.17, 15) is 19.2 Å². The molecule has 3 N–H and O–H groups in total. The summed E-state index contributed by atoms with van der Waals surface area (Å²) in [6, 6.07) is 5.92. The highest BCUT2D eigenvalue weighted by molar-refractivity contribution is 5.94. The maximum Gasteiger partial charge on any atom is 0.332 e. The Morgan fingerprint density at radius 3 is 2.47 bits per heavy atom. The zero-order chi connectivity index (χ0) is 22.0. The predicted molar refractivity (Wildman–Crippen MR) is 111 cm³/mol. The number of nitrogens with two attached hydrogens (primary N) is 1. The summed E-state index contributed by atoms with van der Waals surface area (Å²) in [6.07, 6.45) is 1.53. The molecule has 156 valence electrons. The molecule has 0 atom stereocenters. The minimum Gasteiger partial charge on any atom is -0.493 e. The molecule has 2 amide bonds. The van der Waals surface area contributed by atoms with Crippen molar-refractivity contribution in [3.8, 4) is 5.75 Å². The summed E-state index contributed by atoms with van der Waals surface area (Å²) in [6.45, 7) is 3.35. The Morgan fingerprint density at radius 2 is 1.87 bits per heavy atom. The van der Waals surface area contributed by atoms with Crippen LogP contribution in [-0.4, -0.2) is 32.5 Å². The molecule has 0 aliphatic heterocycles. The predicted octanol–water partition coefficient (Wildman–Crippen LogP) is 0.540. The highest BCUT2D eigenvalue weighted by Gasteiger charge is 2.19. The molecule has 0 unspecified atom stereocenters. The molecule has 0 bridgehead atoms. The number of pyridine rings is 1. The van der Waals surface area contributed by atoms with E-state index in [0.29, 0.717) is 29.2 Å². The Balaban J connectivity index is 2.00. The number of fused-ring (bicyclic) bond motifs is 1. The molecule has 3 aromatic rings. The SMILES string of the molecule is CCOc1c(C)cnc2c1c(=O)n(CC(=O)Nc1ccc(C(N)=O)cc1)c(=O)n2C. The third-order valence-electron chi connectivity index (χ3n) is 4.53. The number of aromatic nitrogens is 3. The second kappa shape index (κ2) is 8.19. The first kappa shape index (κ1) is 20.8. The Morgan fingerprint density at radius 1 is 1.20 bits per heavy atom. The fourth-order valence-electron chi connectivity index (χ4n) is 3.05. The van der Waals surface area contributed by atoms with Crippen molar-refractivity contribution in [2.75, 3.05) is 11.9 Å². The van der Waals surface area contributed by atoms with Crippen molar-refractivity contribution in [2.45, 2.75) is 20.4 Å². The number of rotatable bonds is 6. The lowest BCUT2D eigenvalue weighted by Crippen LogP contribution is -2.42. The molecule has 10 nitrogen and oxygen atoms in total. The van der Waals surface area contributed by atoms with Crippen LogP contribution < -0.4 is 27.0 Å². The van der Waals surface area contributed by atoms with Crippen LogP contribution in [0.1, 0.15) is 22.8 Å². The molecular formula is C20H21N5O5. The standard InChI is InChI=1S/C20H21N5O5/c1-4-30-16-11(2)9-22-18-15(16)19(28)25(20(29)24(18)3)10-14(26)23-13-7-5-12(6-8-13)17(21)27/h5-9H,4,10H2,1-3H3,(H2,21,27)(H,23,26). The summed E-state index contributed by atoms with van der Waals surface area (Å²) in [5.74, 6) is -0.841. The average molecular weight is 411 g/mol. The smallest absolute Gasteiger partial charge is 0.332 e. The average Bonchev–Trinajstić information content (AvgIpc) is 2.71. The van der Waals surface area contributed by atoms with E-state index in [1.807, 2.05) is 0 Å². The molecule has 0 radical (unpaired) electrons. The highest BCUT2D eigenvalue weighted by atomic mass is 16.5. The van der Waals surface area contributed by atoms with Crippen molar-refractivity contribution in [1.29, 1.82) is 0 Å². The topological polar surface area (TPSA) is 138 Å². The van der Waals surface area contributed by atoms with E-state index in [0.717, 1.165) is 4.57 Å². The van der Waals surface area contributed by atoms with Gasteiger partial charge in [-0.25, -0.2) is 14.3 Å². The summed E-state index contributed by atoms with van der Waals surface area (Å²) in [5.41, 5.74) is 5.36. The largest absolute Gasteiger partial charge is 0.493 e. The second-order valence-electron chi connectivity index (χ2n) is 6.62. The van der Waals surface area contributed by atoms with Gasteiger partial charge in [0.25, 0.3) is 5.56 Å². The molecule has 3 rings (SSSR count). The van der Waals surface area contributed by atoms with Crippen LogP contribution in [0, 0.1) is 6.92 Å². The van der Waals surface area contributed by atoms with E-state index in [4.69, 9.17) is 10.5 Å². The van der Waals surface area contributed by atoms with Gasteiger partial charge in [-0.1, -0.05) is 0 Å². The van der Waals surface area contributed by atoms with Gasteiger partial charge in [-0.15, -0.1) is 0 Å². The van der Waals surface area contributed by atoms with Gasteiger partial charge < -0.3 is 15.8 Å². The molecule has 0 spiro atoms. The molecule has 0 fully saturated rings. The maximum absolute atomic E-state index is 13.1. The van der Waals surface area contributed by atoms with Crippen LogP contribution in [0.3, 0.4) is 0 Å². The monoisotopic (exact) mass is 411 g/mol. The number of hydrogen-bond donors (Lipinski definition) is 2. The van der Waals surface area contributed by atoms with E-state index >= 15 is 0 Å². The molecule has 1 aromatic carbocycles. The van der Waals surface area contributed by atoms with Crippen molar-refractivity contribution in [3.63, 3.8) is 0 Å². The third-order valence-corrected chi connectivity index (χ3v) is 4.53. The molecule has 0 saturated heterocycles. The molecule has 0 aliphatic rings. The van der Waals surface area contributed by atoms with Crippen LogP contribution in [0.2, 0.25) is 0 Å². The number of aryl methyl sites for hydroxylation is 2. The maximum atomic E-state index is 13.1. The van der Waals surface area contributed by atoms with Gasteiger partial charge in [0.15, 0.2) is 5.65 Å². The van der Waals surface area contributed by atoms with Gasteiger partial charge in [-0.05, 0) is 38.1 Å². The lowest BCUT2D eigenvalue weighted by molar-refractivity contribution is -0.116. The normalized spacial score (nSPS) is 10.8. The van der Waals surface area contributed by atoms with Crippen molar-refractivity contribution < 1.29 is 14.3 Å².